The highest BCUT2D eigenvalue weighted by Gasteiger charge is 2.24. The molecule has 7 heteroatoms. The zero-order chi connectivity index (χ0) is 19.4. The van der Waals surface area contributed by atoms with E-state index in [1.165, 1.54) is 7.11 Å². The summed E-state index contributed by atoms with van der Waals surface area (Å²) in [6.07, 6.45) is 1.58. The van der Waals surface area contributed by atoms with Crippen LogP contribution in [0.2, 0.25) is 0 Å². The summed E-state index contributed by atoms with van der Waals surface area (Å²) in [7, 11) is 1.52. The summed E-state index contributed by atoms with van der Waals surface area (Å²) in [6.45, 7) is 3.70. The molecule has 27 heavy (non-hydrogen) atoms. The molecule has 0 aliphatic rings. The summed E-state index contributed by atoms with van der Waals surface area (Å²) in [5, 5.41) is 7.06. The number of nitrogens with one attached hydrogen (secondary N) is 1. The van der Waals surface area contributed by atoms with Gasteiger partial charge in [-0.2, -0.15) is 5.10 Å². The van der Waals surface area contributed by atoms with Crippen LogP contribution in [0.3, 0.4) is 0 Å². The van der Waals surface area contributed by atoms with Crippen LogP contribution < -0.4 is 10.1 Å². The van der Waals surface area contributed by atoms with Gasteiger partial charge >= 0.3 is 0 Å². The summed E-state index contributed by atoms with van der Waals surface area (Å²) in [4.78, 5) is 29.1. The number of amides is 1. The minimum atomic E-state index is -0.676. The number of ketones is 1. The van der Waals surface area contributed by atoms with Crippen LogP contribution in [0.1, 0.15) is 27.3 Å². The van der Waals surface area contributed by atoms with E-state index in [1.54, 1.807) is 36.9 Å². The molecule has 0 radical (unpaired) electrons. The predicted molar refractivity (Wildman–Crippen MR) is 100 cm³/mol. The van der Waals surface area contributed by atoms with Crippen molar-refractivity contribution >= 4 is 11.7 Å². The van der Waals surface area contributed by atoms with Crippen LogP contribution in [0, 0.1) is 13.8 Å². The Morgan fingerprint density at radius 2 is 1.89 bits per heavy atom. The molecule has 0 atom stereocenters. The van der Waals surface area contributed by atoms with Gasteiger partial charge in [0.25, 0.3) is 11.7 Å². The molecule has 138 valence electrons. The van der Waals surface area contributed by atoms with Gasteiger partial charge in [-0.3, -0.25) is 9.59 Å². The molecular formula is C20H20N4O3. The number of nitrogens with zero attached hydrogens (tertiary/aromatic N) is 3. The Kier molecular flexibility index (Phi) is 5.30. The molecule has 3 aromatic rings. The average molecular weight is 364 g/mol. The van der Waals surface area contributed by atoms with Crippen molar-refractivity contribution in [1.29, 1.82) is 0 Å². The number of ether oxygens (including phenoxy) is 1. The largest absolute Gasteiger partial charge is 0.481 e. The monoisotopic (exact) mass is 364 g/mol. The van der Waals surface area contributed by atoms with Crippen molar-refractivity contribution in [3.8, 4) is 11.6 Å². The van der Waals surface area contributed by atoms with E-state index in [4.69, 9.17) is 4.74 Å². The molecule has 2 aromatic heterocycles. The lowest BCUT2D eigenvalue weighted by atomic mass is 10.1. The third-order valence-corrected chi connectivity index (χ3v) is 4.19. The summed E-state index contributed by atoms with van der Waals surface area (Å²) in [6, 6.07) is 12.9. The highest BCUT2D eigenvalue weighted by atomic mass is 16.5. The number of aryl methyl sites for hydroxylation is 1. The van der Waals surface area contributed by atoms with E-state index in [9.17, 15) is 9.59 Å². The molecule has 7 nitrogen and oxygen atoms in total. The Hall–Kier alpha value is -3.48. The number of rotatable bonds is 6. The van der Waals surface area contributed by atoms with Crippen LogP contribution in [0.4, 0.5) is 0 Å². The summed E-state index contributed by atoms with van der Waals surface area (Å²) in [5.41, 5.74) is 3.09. The standard InChI is InChI=1S/C20H20N4O3/c1-13-18(14(2)24(23-13)16-7-5-4-6-8-16)19(25)20(26)22-12-15-9-10-21-17(11-15)27-3/h4-11H,12H2,1-3H3,(H,22,26). The van der Waals surface area contributed by atoms with Crippen molar-refractivity contribution in [2.45, 2.75) is 20.4 Å². The Balaban J connectivity index is 1.77. The molecule has 0 spiro atoms. The summed E-state index contributed by atoms with van der Waals surface area (Å²) in [5.74, 6) is -0.832. The van der Waals surface area contributed by atoms with E-state index in [1.807, 2.05) is 30.3 Å². The fourth-order valence-corrected chi connectivity index (χ4v) is 2.84. The second kappa shape index (κ2) is 7.82. The van der Waals surface area contributed by atoms with Gasteiger partial charge in [0.2, 0.25) is 5.88 Å². The molecule has 0 aliphatic heterocycles. The number of para-hydroxylation sites is 1. The van der Waals surface area contributed by atoms with Gasteiger partial charge in [-0.15, -0.1) is 0 Å². The molecule has 0 aliphatic carbocycles. The van der Waals surface area contributed by atoms with Crippen molar-refractivity contribution in [3.05, 3.63) is 71.2 Å². The van der Waals surface area contributed by atoms with E-state index in [-0.39, 0.29) is 6.54 Å². The fraction of sp³-hybridized carbons (Fsp3) is 0.200. The van der Waals surface area contributed by atoms with E-state index >= 15 is 0 Å². The van der Waals surface area contributed by atoms with Gasteiger partial charge in [0.05, 0.1) is 29.7 Å². The molecule has 0 saturated heterocycles. The normalized spacial score (nSPS) is 10.5. The van der Waals surface area contributed by atoms with E-state index in [2.05, 4.69) is 15.4 Å². The summed E-state index contributed by atoms with van der Waals surface area (Å²) < 4.78 is 6.72. The lowest BCUT2D eigenvalue weighted by Crippen LogP contribution is -2.31. The molecular weight excluding hydrogens is 344 g/mol. The second-order valence-corrected chi connectivity index (χ2v) is 6.01. The number of methoxy groups -OCH3 is 1. The zero-order valence-electron chi connectivity index (χ0n) is 15.4. The highest BCUT2D eigenvalue weighted by molar-refractivity contribution is 6.43. The van der Waals surface area contributed by atoms with Crippen LogP contribution >= 0.6 is 0 Å². The van der Waals surface area contributed by atoms with Crippen LogP contribution in [-0.4, -0.2) is 33.6 Å². The average Bonchev–Trinajstić information content (AvgIpc) is 3.00. The summed E-state index contributed by atoms with van der Waals surface area (Å²) >= 11 is 0. The van der Waals surface area contributed by atoms with Gasteiger partial charge in [0.15, 0.2) is 0 Å². The Morgan fingerprint density at radius 1 is 1.15 bits per heavy atom. The molecule has 0 unspecified atom stereocenters. The van der Waals surface area contributed by atoms with E-state index in [0.717, 1.165) is 11.3 Å². The molecule has 3 rings (SSSR count). The van der Waals surface area contributed by atoms with Crippen LogP contribution in [0.15, 0.2) is 48.7 Å². The smallest absolute Gasteiger partial charge is 0.292 e. The number of pyridine rings is 1. The van der Waals surface area contributed by atoms with Crippen molar-refractivity contribution in [3.63, 3.8) is 0 Å². The Labute approximate surface area is 157 Å². The van der Waals surface area contributed by atoms with E-state index < -0.39 is 11.7 Å². The van der Waals surface area contributed by atoms with Crippen molar-refractivity contribution < 1.29 is 14.3 Å². The highest BCUT2D eigenvalue weighted by Crippen LogP contribution is 2.18. The third-order valence-electron chi connectivity index (χ3n) is 4.19. The molecule has 0 saturated carbocycles. The maximum Gasteiger partial charge on any atom is 0.292 e. The number of benzene rings is 1. The molecule has 1 amide bonds. The third kappa shape index (κ3) is 3.87. The number of Topliss-reactive ketones (excluding diaryl/α,β-unsaturated/α-hetero) is 1. The number of carbonyl (C=O) groups is 2. The van der Waals surface area contributed by atoms with Crippen molar-refractivity contribution in [1.82, 2.24) is 20.1 Å². The molecule has 0 fully saturated rings. The van der Waals surface area contributed by atoms with E-state index in [0.29, 0.717) is 22.8 Å². The number of aromatic nitrogens is 3. The fourth-order valence-electron chi connectivity index (χ4n) is 2.84. The van der Waals surface area contributed by atoms with Gasteiger partial charge in [-0.25, -0.2) is 9.67 Å². The molecule has 1 N–H and O–H groups in total. The maximum atomic E-state index is 12.7. The van der Waals surface area contributed by atoms with Crippen LogP contribution in [-0.2, 0) is 11.3 Å². The topological polar surface area (TPSA) is 86.1 Å². The van der Waals surface area contributed by atoms with Gasteiger partial charge in [-0.05, 0) is 37.6 Å². The maximum absolute atomic E-state index is 12.7. The van der Waals surface area contributed by atoms with Gasteiger partial charge in [-0.1, -0.05) is 18.2 Å². The van der Waals surface area contributed by atoms with Crippen molar-refractivity contribution in [2.75, 3.05) is 7.11 Å². The number of hydrogen-bond donors (Lipinski definition) is 1. The Morgan fingerprint density at radius 3 is 2.59 bits per heavy atom. The van der Waals surface area contributed by atoms with Gasteiger partial charge < -0.3 is 10.1 Å². The lowest BCUT2D eigenvalue weighted by molar-refractivity contribution is -0.117. The van der Waals surface area contributed by atoms with Gasteiger partial charge in [0.1, 0.15) is 0 Å². The first-order valence-electron chi connectivity index (χ1n) is 8.44. The van der Waals surface area contributed by atoms with Crippen molar-refractivity contribution in [2.24, 2.45) is 0 Å². The molecule has 0 bridgehead atoms. The quantitative estimate of drug-likeness (QED) is 0.536. The lowest BCUT2D eigenvalue weighted by Gasteiger charge is -2.07. The molecule has 2 heterocycles. The predicted octanol–water partition coefficient (Wildman–Crippen LogP) is 2.39. The molecule has 1 aromatic carbocycles. The van der Waals surface area contributed by atoms with Crippen LogP contribution in [0.5, 0.6) is 5.88 Å². The van der Waals surface area contributed by atoms with Gasteiger partial charge in [0, 0.05) is 18.8 Å². The number of carbonyl (C=O) groups excluding carboxylic acids is 2. The first kappa shape index (κ1) is 18.3. The zero-order valence-corrected chi connectivity index (χ0v) is 15.4. The Bertz CT molecular complexity index is 980. The number of hydrogen-bond acceptors (Lipinski definition) is 5. The minimum absolute atomic E-state index is 0.203. The first-order chi connectivity index (χ1) is 13.0. The minimum Gasteiger partial charge on any atom is -0.481 e. The second-order valence-electron chi connectivity index (χ2n) is 6.01. The first-order valence-corrected chi connectivity index (χ1v) is 8.44. The van der Waals surface area contributed by atoms with Crippen LogP contribution in [0.25, 0.3) is 5.69 Å². The SMILES string of the molecule is COc1cc(CNC(=O)C(=O)c2c(C)nn(-c3ccccc3)c2C)ccn1.